The van der Waals surface area contributed by atoms with Gasteiger partial charge in [0.05, 0.1) is 0 Å². The predicted octanol–water partition coefficient (Wildman–Crippen LogP) is 3.77. The van der Waals surface area contributed by atoms with E-state index in [1.807, 2.05) is 36.4 Å². The van der Waals surface area contributed by atoms with Gasteiger partial charge in [0.1, 0.15) is 0 Å². The number of benzene rings is 3. The zero-order valence-corrected chi connectivity index (χ0v) is 12.3. The summed E-state index contributed by atoms with van der Waals surface area (Å²) in [6.07, 6.45) is 1.76. The molecule has 4 heteroatoms. The SMILES string of the molecule is O=C1NC(=S)O/C1=C\c1c2ccccc2cc2ccccc12. The lowest BCUT2D eigenvalue weighted by atomic mass is 9.96. The van der Waals surface area contributed by atoms with Gasteiger partial charge in [-0.05, 0) is 51.5 Å². The largest absolute Gasteiger partial charge is 0.426 e. The molecule has 1 fully saturated rings. The molecule has 1 aliphatic rings. The molecule has 22 heavy (non-hydrogen) atoms. The molecule has 106 valence electrons. The Labute approximate surface area is 132 Å². The molecule has 1 aliphatic heterocycles. The van der Waals surface area contributed by atoms with E-state index >= 15 is 0 Å². The van der Waals surface area contributed by atoms with E-state index in [1.165, 1.54) is 0 Å². The number of carbonyl (C=O) groups excluding carboxylic acids is 1. The highest BCUT2D eigenvalue weighted by molar-refractivity contribution is 7.80. The van der Waals surface area contributed by atoms with Gasteiger partial charge in [-0.15, -0.1) is 0 Å². The minimum Gasteiger partial charge on any atom is -0.426 e. The molecule has 0 spiro atoms. The maximum absolute atomic E-state index is 11.9. The Hall–Kier alpha value is -2.72. The van der Waals surface area contributed by atoms with E-state index in [4.69, 9.17) is 17.0 Å². The molecule has 3 aromatic carbocycles. The van der Waals surface area contributed by atoms with Crippen molar-refractivity contribution in [1.29, 1.82) is 0 Å². The normalized spacial score (nSPS) is 16.3. The van der Waals surface area contributed by atoms with Crippen LogP contribution in [0.4, 0.5) is 0 Å². The number of carbonyl (C=O) groups is 1. The van der Waals surface area contributed by atoms with Gasteiger partial charge < -0.3 is 4.74 Å². The smallest absolute Gasteiger partial charge is 0.294 e. The first-order valence-electron chi connectivity index (χ1n) is 6.88. The second kappa shape index (κ2) is 4.93. The van der Waals surface area contributed by atoms with Gasteiger partial charge in [0.15, 0.2) is 5.76 Å². The number of amides is 1. The van der Waals surface area contributed by atoms with Crippen LogP contribution in [0.1, 0.15) is 5.56 Å². The summed E-state index contributed by atoms with van der Waals surface area (Å²) in [5.74, 6) is -0.0754. The van der Waals surface area contributed by atoms with E-state index in [2.05, 4.69) is 23.5 Å². The highest BCUT2D eigenvalue weighted by Gasteiger charge is 2.23. The summed E-state index contributed by atoms with van der Waals surface area (Å²) < 4.78 is 5.31. The van der Waals surface area contributed by atoms with Crippen molar-refractivity contribution in [3.05, 3.63) is 65.9 Å². The third-order valence-electron chi connectivity index (χ3n) is 3.73. The van der Waals surface area contributed by atoms with Crippen LogP contribution >= 0.6 is 12.2 Å². The van der Waals surface area contributed by atoms with E-state index in [0.717, 1.165) is 27.1 Å². The van der Waals surface area contributed by atoms with Gasteiger partial charge in [0, 0.05) is 0 Å². The van der Waals surface area contributed by atoms with Crippen LogP contribution < -0.4 is 5.32 Å². The first-order valence-corrected chi connectivity index (χ1v) is 7.28. The minimum atomic E-state index is -0.304. The standard InChI is InChI=1S/C18H11NO2S/c20-17-16(21-18(22)19-17)10-15-13-7-3-1-5-11(13)9-12-6-2-4-8-14(12)15/h1-10H,(H,19,20,22)/b16-10-. The second-order valence-electron chi connectivity index (χ2n) is 5.08. The number of thiocarbonyl (C=S) groups is 1. The Morgan fingerprint density at radius 2 is 1.55 bits per heavy atom. The van der Waals surface area contributed by atoms with E-state index < -0.39 is 0 Å². The van der Waals surface area contributed by atoms with Crippen molar-refractivity contribution in [2.45, 2.75) is 0 Å². The molecule has 1 saturated heterocycles. The van der Waals surface area contributed by atoms with Gasteiger partial charge in [-0.2, -0.15) is 0 Å². The Balaban J connectivity index is 2.07. The zero-order chi connectivity index (χ0) is 15.1. The van der Waals surface area contributed by atoms with E-state index in [9.17, 15) is 4.79 Å². The Morgan fingerprint density at radius 1 is 0.955 bits per heavy atom. The van der Waals surface area contributed by atoms with Crippen LogP contribution in [0.5, 0.6) is 0 Å². The summed E-state index contributed by atoms with van der Waals surface area (Å²) in [7, 11) is 0. The summed E-state index contributed by atoms with van der Waals surface area (Å²) in [5.41, 5.74) is 0.962. The lowest BCUT2D eigenvalue weighted by Gasteiger charge is -2.08. The van der Waals surface area contributed by atoms with Crippen LogP contribution in [0.2, 0.25) is 0 Å². The van der Waals surface area contributed by atoms with Crippen molar-refractivity contribution < 1.29 is 9.53 Å². The quantitative estimate of drug-likeness (QED) is 0.422. The number of nitrogens with one attached hydrogen (secondary N) is 1. The highest BCUT2D eigenvalue weighted by atomic mass is 32.1. The lowest BCUT2D eigenvalue weighted by Crippen LogP contribution is -2.18. The summed E-state index contributed by atoms with van der Waals surface area (Å²) in [5, 5.41) is 6.97. The molecule has 0 aliphatic carbocycles. The third-order valence-corrected chi connectivity index (χ3v) is 3.92. The predicted molar refractivity (Wildman–Crippen MR) is 91.3 cm³/mol. The van der Waals surface area contributed by atoms with Crippen molar-refractivity contribution in [3.63, 3.8) is 0 Å². The van der Waals surface area contributed by atoms with Gasteiger partial charge in [0.25, 0.3) is 11.1 Å². The Kier molecular flexibility index (Phi) is 2.91. The number of hydrogen-bond acceptors (Lipinski definition) is 3. The van der Waals surface area contributed by atoms with Crippen molar-refractivity contribution >= 4 is 50.9 Å². The average molecular weight is 305 g/mol. The monoisotopic (exact) mass is 305 g/mol. The maximum atomic E-state index is 11.9. The fraction of sp³-hybridized carbons (Fsp3) is 0. The summed E-state index contributed by atoms with van der Waals surface area (Å²) in [6.45, 7) is 0. The molecule has 1 heterocycles. The number of ether oxygens (including phenoxy) is 1. The molecule has 3 aromatic rings. The van der Waals surface area contributed by atoms with Crippen LogP contribution in [-0.2, 0) is 9.53 Å². The molecule has 0 saturated carbocycles. The van der Waals surface area contributed by atoms with Crippen molar-refractivity contribution in [2.24, 2.45) is 0 Å². The average Bonchev–Trinajstić information content (AvgIpc) is 2.84. The number of hydrogen-bond donors (Lipinski definition) is 1. The van der Waals surface area contributed by atoms with E-state index in [1.54, 1.807) is 6.08 Å². The molecule has 3 nitrogen and oxygen atoms in total. The van der Waals surface area contributed by atoms with Gasteiger partial charge in [0.2, 0.25) is 0 Å². The molecule has 4 rings (SSSR count). The summed E-state index contributed by atoms with van der Waals surface area (Å²) in [4.78, 5) is 11.9. The first-order chi connectivity index (χ1) is 10.7. The van der Waals surface area contributed by atoms with Crippen molar-refractivity contribution in [2.75, 3.05) is 0 Å². The van der Waals surface area contributed by atoms with Crippen LogP contribution in [-0.4, -0.2) is 11.1 Å². The van der Waals surface area contributed by atoms with Crippen LogP contribution in [0, 0.1) is 0 Å². The van der Waals surface area contributed by atoms with Crippen molar-refractivity contribution in [1.82, 2.24) is 5.32 Å². The molecule has 0 unspecified atom stereocenters. The van der Waals surface area contributed by atoms with Gasteiger partial charge >= 0.3 is 0 Å². The Morgan fingerprint density at radius 3 is 2.09 bits per heavy atom. The first kappa shape index (κ1) is 13.0. The number of rotatable bonds is 1. The molecule has 1 amide bonds. The third kappa shape index (κ3) is 2.05. The molecular formula is C18H11NO2S. The molecule has 0 aromatic heterocycles. The van der Waals surface area contributed by atoms with Gasteiger partial charge in [-0.3, -0.25) is 10.1 Å². The lowest BCUT2D eigenvalue weighted by molar-refractivity contribution is -0.116. The highest BCUT2D eigenvalue weighted by Crippen LogP contribution is 2.30. The van der Waals surface area contributed by atoms with Crippen LogP contribution in [0.3, 0.4) is 0 Å². The summed E-state index contributed by atoms with van der Waals surface area (Å²) >= 11 is 4.89. The van der Waals surface area contributed by atoms with Crippen molar-refractivity contribution in [3.8, 4) is 0 Å². The number of fused-ring (bicyclic) bond motifs is 2. The van der Waals surface area contributed by atoms with Crippen LogP contribution in [0.15, 0.2) is 60.4 Å². The van der Waals surface area contributed by atoms with Crippen LogP contribution in [0.25, 0.3) is 27.6 Å². The fourth-order valence-electron chi connectivity index (χ4n) is 2.76. The second-order valence-corrected chi connectivity index (χ2v) is 5.46. The fourth-order valence-corrected chi connectivity index (χ4v) is 2.94. The Bertz CT molecular complexity index is 921. The van der Waals surface area contributed by atoms with E-state index in [0.29, 0.717) is 0 Å². The zero-order valence-electron chi connectivity index (χ0n) is 11.5. The van der Waals surface area contributed by atoms with Gasteiger partial charge in [-0.1, -0.05) is 48.5 Å². The van der Waals surface area contributed by atoms with E-state index in [-0.39, 0.29) is 16.8 Å². The molecule has 1 N–H and O–H groups in total. The molecular weight excluding hydrogens is 294 g/mol. The maximum Gasteiger partial charge on any atom is 0.294 e. The molecule has 0 atom stereocenters. The minimum absolute atomic E-state index is 0.0980. The molecule has 0 radical (unpaired) electrons. The summed E-state index contributed by atoms with van der Waals surface area (Å²) in [6, 6.07) is 18.3. The van der Waals surface area contributed by atoms with Gasteiger partial charge in [-0.25, -0.2) is 0 Å². The molecule has 0 bridgehead atoms. The topological polar surface area (TPSA) is 38.3 Å².